The van der Waals surface area contributed by atoms with Crippen LogP contribution < -0.4 is 9.46 Å². The lowest BCUT2D eigenvalue weighted by Gasteiger charge is -2.31. The van der Waals surface area contributed by atoms with E-state index in [0.717, 1.165) is 36.9 Å². The summed E-state index contributed by atoms with van der Waals surface area (Å²) in [6, 6.07) is 5.04. The Labute approximate surface area is 153 Å². The Bertz CT molecular complexity index is 605. The van der Waals surface area contributed by atoms with Crippen LogP contribution in [0.1, 0.15) is 26.7 Å². The van der Waals surface area contributed by atoms with Gasteiger partial charge in [0.05, 0.1) is 6.61 Å². The van der Waals surface area contributed by atoms with Crippen LogP contribution in [0.15, 0.2) is 27.6 Å². The van der Waals surface area contributed by atoms with Gasteiger partial charge >= 0.3 is 0 Å². The van der Waals surface area contributed by atoms with Gasteiger partial charge in [0.15, 0.2) is 0 Å². The molecular formula is C15H24BrClN2O3S. The van der Waals surface area contributed by atoms with Gasteiger partial charge in [0.25, 0.3) is 0 Å². The van der Waals surface area contributed by atoms with Crippen molar-refractivity contribution in [2.45, 2.75) is 37.6 Å². The van der Waals surface area contributed by atoms with Crippen molar-refractivity contribution < 1.29 is 13.2 Å². The number of halogens is 2. The van der Waals surface area contributed by atoms with Crippen LogP contribution in [0.2, 0.25) is 0 Å². The molecule has 1 aromatic rings. The van der Waals surface area contributed by atoms with Gasteiger partial charge < -0.3 is 9.64 Å². The van der Waals surface area contributed by atoms with E-state index < -0.39 is 10.0 Å². The van der Waals surface area contributed by atoms with E-state index in [1.165, 1.54) is 0 Å². The van der Waals surface area contributed by atoms with Crippen LogP contribution in [0.3, 0.4) is 0 Å². The normalized spacial score (nSPS) is 16.8. The second kappa shape index (κ2) is 9.22. The van der Waals surface area contributed by atoms with E-state index >= 15 is 0 Å². The molecule has 0 aromatic heterocycles. The zero-order chi connectivity index (χ0) is 16.2. The number of hydrogen-bond donors (Lipinski definition) is 1. The van der Waals surface area contributed by atoms with Crippen molar-refractivity contribution >= 4 is 38.4 Å². The van der Waals surface area contributed by atoms with E-state index in [9.17, 15) is 8.42 Å². The first-order valence-corrected chi connectivity index (χ1v) is 9.91. The van der Waals surface area contributed by atoms with E-state index in [2.05, 4.69) is 32.5 Å². The van der Waals surface area contributed by atoms with Gasteiger partial charge in [0, 0.05) is 10.5 Å². The van der Waals surface area contributed by atoms with Gasteiger partial charge in [0.2, 0.25) is 10.0 Å². The second-order valence-corrected chi connectivity index (χ2v) is 7.95. The van der Waals surface area contributed by atoms with Gasteiger partial charge in [-0.15, -0.1) is 12.4 Å². The summed E-state index contributed by atoms with van der Waals surface area (Å²) in [5, 5.41) is 0. The number of nitrogens with zero attached hydrogens (tertiary/aromatic N) is 1. The molecule has 0 spiro atoms. The molecule has 5 nitrogen and oxygen atoms in total. The Hall–Kier alpha value is -0.340. The van der Waals surface area contributed by atoms with E-state index in [1.807, 2.05) is 6.92 Å². The van der Waals surface area contributed by atoms with Crippen LogP contribution in [-0.2, 0) is 10.0 Å². The predicted octanol–water partition coefficient (Wildman–Crippen LogP) is 3.03. The number of sulfonamides is 1. The number of nitrogens with one attached hydrogen (secondary N) is 1. The average Bonchev–Trinajstić information content (AvgIpc) is 2.49. The zero-order valence-corrected chi connectivity index (χ0v) is 16.6. The van der Waals surface area contributed by atoms with Crippen LogP contribution in [0.5, 0.6) is 5.75 Å². The van der Waals surface area contributed by atoms with Gasteiger partial charge in [-0.2, -0.15) is 0 Å². The Morgan fingerprint density at radius 1 is 1.30 bits per heavy atom. The monoisotopic (exact) mass is 426 g/mol. The van der Waals surface area contributed by atoms with E-state index in [4.69, 9.17) is 4.74 Å². The van der Waals surface area contributed by atoms with Crippen LogP contribution in [0.25, 0.3) is 0 Å². The Kier molecular flexibility index (Phi) is 8.30. The van der Waals surface area contributed by atoms with Crippen LogP contribution >= 0.6 is 28.3 Å². The fourth-order valence-corrected chi connectivity index (χ4v) is 4.60. The first kappa shape index (κ1) is 20.7. The lowest BCUT2D eigenvalue weighted by Crippen LogP contribution is -2.44. The third-order valence-electron chi connectivity index (χ3n) is 3.85. The van der Waals surface area contributed by atoms with Gasteiger partial charge in [-0.1, -0.05) is 22.9 Å². The van der Waals surface area contributed by atoms with Gasteiger partial charge in [-0.3, -0.25) is 0 Å². The molecule has 0 atom stereocenters. The molecule has 1 aliphatic rings. The van der Waals surface area contributed by atoms with Crippen LogP contribution in [0.4, 0.5) is 0 Å². The SMILES string of the molecule is CCOc1ccc(Br)cc1S(=O)(=O)NC1CCN(CC)CC1.Cl. The summed E-state index contributed by atoms with van der Waals surface area (Å²) < 4.78 is 34.3. The zero-order valence-electron chi connectivity index (χ0n) is 13.4. The van der Waals surface area contributed by atoms with Crippen molar-refractivity contribution in [3.63, 3.8) is 0 Å². The molecule has 1 saturated heterocycles. The molecular weight excluding hydrogens is 404 g/mol. The molecule has 8 heteroatoms. The third-order valence-corrected chi connectivity index (χ3v) is 5.89. The highest BCUT2D eigenvalue weighted by Crippen LogP contribution is 2.28. The van der Waals surface area contributed by atoms with Crippen LogP contribution in [0, 0.1) is 0 Å². The molecule has 0 unspecified atom stereocenters. The maximum absolute atomic E-state index is 12.7. The molecule has 0 aliphatic carbocycles. The molecule has 0 amide bonds. The standard InChI is InChI=1S/C15H23BrN2O3S.ClH/c1-3-18-9-7-13(8-10-18)17-22(19,20)15-11-12(16)5-6-14(15)21-4-2;/h5-6,11,13,17H,3-4,7-10H2,1-2H3;1H. The minimum atomic E-state index is -3.58. The van der Waals surface area contributed by atoms with Crippen molar-refractivity contribution in [1.82, 2.24) is 9.62 Å². The number of ether oxygens (including phenoxy) is 1. The van der Waals surface area contributed by atoms with Gasteiger partial charge in [0.1, 0.15) is 10.6 Å². The third kappa shape index (κ3) is 5.60. The quantitative estimate of drug-likeness (QED) is 0.758. The highest BCUT2D eigenvalue weighted by molar-refractivity contribution is 9.10. The number of piperidine rings is 1. The summed E-state index contributed by atoms with van der Waals surface area (Å²) in [6.45, 7) is 7.27. The summed E-state index contributed by atoms with van der Waals surface area (Å²) >= 11 is 3.33. The van der Waals surface area contributed by atoms with Crippen LogP contribution in [-0.4, -0.2) is 45.6 Å². The summed E-state index contributed by atoms with van der Waals surface area (Å²) in [6.07, 6.45) is 1.68. The van der Waals surface area contributed by atoms with Crippen molar-refractivity contribution in [1.29, 1.82) is 0 Å². The molecule has 1 aliphatic heterocycles. The van der Waals surface area contributed by atoms with E-state index in [1.54, 1.807) is 18.2 Å². The fourth-order valence-electron chi connectivity index (χ4n) is 2.62. The first-order valence-electron chi connectivity index (χ1n) is 7.63. The minimum absolute atomic E-state index is 0. The molecule has 2 rings (SSSR count). The maximum Gasteiger partial charge on any atom is 0.244 e. The summed E-state index contributed by atoms with van der Waals surface area (Å²) in [5.41, 5.74) is 0. The molecule has 0 bridgehead atoms. The molecule has 1 aromatic carbocycles. The summed E-state index contributed by atoms with van der Waals surface area (Å²) in [5.74, 6) is 0.393. The second-order valence-electron chi connectivity index (χ2n) is 5.35. The lowest BCUT2D eigenvalue weighted by molar-refractivity contribution is 0.217. The maximum atomic E-state index is 12.7. The van der Waals surface area contributed by atoms with Crippen molar-refractivity contribution in [2.75, 3.05) is 26.2 Å². The number of likely N-dealkylation sites (tertiary alicyclic amines) is 1. The molecule has 0 radical (unpaired) electrons. The molecule has 1 N–H and O–H groups in total. The van der Waals surface area contributed by atoms with Gasteiger partial charge in [-0.05, 0) is 57.6 Å². The molecule has 0 saturated carbocycles. The summed E-state index contributed by atoms with van der Waals surface area (Å²) in [7, 11) is -3.58. The molecule has 132 valence electrons. The highest BCUT2D eigenvalue weighted by atomic mass is 79.9. The fraction of sp³-hybridized carbons (Fsp3) is 0.600. The molecule has 23 heavy (non-hydrogen) atoms. The van der Waals surface area contributed by atoms with E-state index in [-0.39, 0.29) is 23.3 Å². The lowest BCUT2D eigenvalue weighted by atomic mass is 10.1. The predicted molar refractivity (Wildman–Crippen MR) is 98.0 cm³/mol. The van der Waals surface area contributed by atoms with Crippen molar-refractivity contribution in [3.05, 3.63) is 22.7 Å². The smallest absolute Gasteiger partial charge is 0.244 e. The summed E-state index contributed by atoms with van der Waals surface area (Å²) in [4.78, 5) is 2.52. The Morgan fingerprint density at radius 3 is 2.52 bits per heavy atom. The Morgan fingerprint density at radius 2 is 1.96 bits per heavy atom. The average molecular weight is 428 g/mol. The molecule has 1 fully saturated rings. The molecule has 1 heterocycles. The highest BCUT2D eigenvalue weighted by Gasteiger charge is 2.26. The Balaban J connectivity index is 0.00000264. The number of benzene rings is 1. The number of hydrogen-bond acceptors (Lipinski definition) is 4. The topological polar surface area (TPSA) is 58.6 Å². The van der Waals surface area contributed by atoms with Gasteiger partial charge in [-0.25, -0.2) is 13.1 Å². The number of rotatable bonds is 6. The minimum Gasteiger partial charge on any atom is -0.492 e. The first-order chi connectivity index (χ1) is 10.5. The largest absolute Gasteiger partial charge is 0.492 e. The van der Waals surface area contributed by atoms with Crippen molar-refractivity contribution in [2.24, 2.45) is 0 Å². The van der Waals surface area contributed by atoms with Crippen molar-refractivity contribution in [3.8, 4) is 5.75 Å². The van der Waals surface area contributed by atoms with E-state index in [0.29, 0.717) is 12.4 Å².